The molecule has 34 heavy (non-hydrogen) atoms. The number of hydrogen-bond donors (Lipinski definition) is 2. The van der Waals surface area contributed by atoms with Gasteiger partial charge in [0.2, 0.25) is 11.9 Å². The van der Waals surface area contributed by atoms with Gasteiger partial charge in [-0.2, -0.15) is 4.39 Å². The molecule has 1 aliphatic heterocycles. The van der Waals surface area contributed by atoms with Crippen LogP contribution < -0.4 is 11.3 Å². The van der Waals surface area contributed by atoms with Crippen molar-refractivity contribution in [1.82, 2.24) is 19.5 Å². The highest BCUT2D eigenvalue weighted by Crippen LogP contribution is 2.35. The van der Waals surface area contributed by atoms with Crippen molar-refractivity contribution in [3.63, 3.8) is 0 Å². The van der Waals surface area contributed by atoms with Gasteiger partial charge in [-0.15, -0.1) is 0 Å². The quantitative estimate of drug-likeness (QED) is 0.414. The number of hydrogen-bond acceptors (Lipinski definition) is 8. The fourth-order valence-electron chi connectivity index (χ4n) is 4.14. The number of Topliss-reactive ketones (excluding diaryl/α,β-unsaturated/α-hetero) is 1. The highest BCUT2D eigenvalue weighted by molar-refractivity contribution is 5.95. The minimum absolute atomic E-state index is 0.0340. The van der Waals surface area contributed by atoms with Crippen LogP contribution >= 0.6 is 0 Å². The predicted octanol–water partition coefficient (Wildman–Crippen LogP) is 1.76. The number of ketones is 1. The Morgan fingerprint density at radius 3 is 2.82 bits per heavy atom. The molecule has 3 aromatic rings. The highest BCUT2D eigenvalue weighted by Gasteiger charge is 2.38. The molecule has 0 amide bonds. The Kier molecular flexibility index (Phi) is 6.92. The van der Waals surface area contributed by atoms with Gasteiger partial charge in [-0.1, -0.05) is 19.9 Å². The lowest BCUT2D eigenvalue weighted by molar-refractivity contribution is -0.145. The van der Waals surface area contributed by atoms with E-state index in [9.17, 15) is 19.1 Å². The fraction of sp³-hybridized carbons (Fsp3) is 0.375. The highest BCUT2D eigenvalue weighted by atomic mass is 19.1. The summed E-state index contributed by atoms with van der Waals surface area (Å²) in [4.78, 5) is 37.4. The monoisotopic (exact) mass is 467 g/mol. The first-order valence-electron chi connectivity index (χ1n) is 11.0. The van der Waals surface area contributed by atoms with E-state index in [-0.39, 0.29) is 29.8 Å². The van der Waals surface area contributed by atoms with Gasteiger partial charge in [-0.25, -0.2) is 14.5 Å². The van der Waals surface area contributed by atoms with Crippen molar-refractivity contribution >= 4 is 5.78 Å². The number of pyridine rings is 2. The standard InChI is InChI=1S/C24H26FN5O4/c1-13(2)23-22(33)16(26)11-19(34-23)15-6-8-27-12-14(15)10-18(31)17-7-9-28-24(29-17)30-20(25)4-3-5-21(30)32/h3-9,12-13,16,19,22-23,33H,10-11,26H2,1-2H3/t16-,19-,22+,23-/m1/s1. The van der Waals surface area contributed by atoms with Gasteiger partial charge in [0.05, 0.1) is 18.3 Å². The number of ether oxygens (including phenoxy) is 1. The Bertz CT molecular complexity index is 1250. The van der Waals surface area contributed by atoms with Crippen LogP contribution in [0.2, 0.25) is 0 Å². The summed E-state index contributed by atoms with van der Waals surface area (Å²) < 4.78 is 21.0. The number of aliphatic hydroxyl groups is 1. The lowest BCUT2D eigenvalue weighted by atomic mass is 9.86. The van der Waals surface area contributed by atoms with E-state index in [1.165, 1.54) is 24.4 Å². The Hall–Kier alpha value is -3.34. The van der Waals surface area contributed by atoms with Crippen LogP contribution in [0.1, 0.15) is 48.0 Å². The molecule has 3 N–H and O–H groups in total. The molecule has 1 aliphatic rings. The average molecular weight is 468 g/mol. The number of nitrogens with two attached hydrogens (primary N) is 1. The molecule has 178 valence electrons. The van der Waals surface area contributed by atoms with E-state index < -0.39 is 35.9 Å². The summed E-state index contributed by atoms with van der Waals surface area (Å²) in [6, 6.07) is 6.29. The first-order chi connectivity index (χ1) is 16.3. The second-order valence-corrected chi connectivity index (χ2v) is 8.66. The zero-order valence-electron chi connectivity index (χ0n) is 18.8. The summed E-state index contributed by atoms with van der Waals surface area (Å²) in [5.41, 5.74) is 6.96. The number of carbonyl (C=O) groups excluding carboxylic acids is 1. The number of aromatic nitrogens is 4. The molecule has 0 aliphatic carbocycles. The SMILES string of the molecule is CC(C)[C@H]1O[C@@H](c2ccncc2CC(=O)c2ccnc(-n3c(F)cccc3=O)n2)C[C@@H](N)[C@@H]1O. The minimum Gasteiger partial charge on any atom is -0.389 e. The zero-order valence-corrected chi connectivity index (χ0v) is 18.8. The molecule has 0 bridgehead atoms. The predicted molar refractivity (Wildman–Crippen MR) is 121 cm³/mol. The van der Waals surface area contributed by atoms with Gasteiger partial charge < -0.3 is 15.6 Å². The molecular weight excluding hydrogens is 441 g/mol. The maximum Gasteiger partial charge on any atom is 0.259 e. The van der Waals surface area contributed by atoms with Crippen molar-refractivity contribution in [1.29, 1.82) is 0 Å². The summed E-state index contributed by atoms with van der Waals surface area (Å²) in [6.45, 7) is 3.90. The number of nitrogens with zero attached hydrogens (tertiary/aromatic N) is 4. The molecular formula is C24H26FN5O4. The van der Waals surface area contributed by atoms with E-state index in [1.807, 2.05) is 13.8 Å². The van der Waals surface area contributed by atoms with Gasteiger partial charge in [-0.3, -0.25) is 14.6 Å². The Balaban J connectivity index is 1.61. The molecule has 1 fully saturated rings. The van der Waals surface area contributed by atoms with Gasteiger partial charge in [0.25, 0.3) is 5.56 Å². The summed E-state index contributed by atoms with van der Waals surface area (Å²) in [6.07, 6.45) is 3.23. The largest absolute Gasteiger partial charge is 0.389 e. The Morgan fingerprint density at radius 2 is 2.09 bits per heavy atom. The molecule has 3 aromatic heterocycles. The third-order valence-electron chi connectivity index (χ3n) is 5.91. The van der Waals surface area contributed by atoms with E-state index in [0.29, 0.717) is 16.6 Å². The van der Waals surface area contributed by atoms with Gasteiger partial charge in [0, 0.05) is 37.1 Å². The lowest BCUT2D eigenvalue weighted by Crippen LogP contribution is -2.52. The van der Waals surface area contributed by atoms with Crippen LogP contribution in [0.5, 0.6) is 0 Å². The van der Waals surface area contributed by atoms with E-state index in [1.54, 1.807) is 18.5 Å². The van der Waals surface area contributed by atoms with Crippen LogP contribution in [0.15, 0.2) is 53.7 Å². The minimum atomic E-state index is -0.834. The van der Waals surface area contributed by atoms with Crippen LogP contribution in [0, 0.1) is 11.9 Å². The van der Waals surface area contributed by atoms with Crippen molar-refractivity contribution in [2.75, 3.05) is 0 Å². The van der Waals surface area contributed by atoms with E-state index in [4.69, 9.17) is 10.5 Å². The van der Waals surface area contributed by atoms with Gasteiger partial charge >= 0.3 is 0 Å². The Morgan fingerprint density at radius 1 is 1.29 bits per heavy atom. The molecule has 9 nitrogen and oxygen atoms in total. The zero-order chi connectivity index (χ0) is 24.4. The number of carbonyl (C=O) groups is 1. The van der Waals surface area contributed by atoms with Gasteiger partial charge in [-0.05, 0) is 41.7 Å². The third kappa shape index (κ3) is 4.79. The van der Waals surface area contributed by atoms with Crippen molar-refractivity contribution in [3.8, 4) is 5.95 Å². The summed E-state index contributed by atoms with van der Waals surface area (Å²) in [5.74, 6) is -1.37. The molecule has 4 rings (SSSR count). The van der Waals surface area contributed by atoms with Crippen LogP contribution in [-0.2, 0) is 11.2 Å². The average Bonchev–Trinajstić information content (AvgIpc) is 2.81. The maximum atomic E-state index is 14.2. The molecule has 0 radical (unpaired) electrons. The smallest absolute Gasteiger partial charge is 0.259 e. The second kappa shape index (κ2) is 9.88. The fourth-order valence-corrected chi connectivity index (χ4v) is 4.14. The molecule has 4 atom stereocenters. The summed E-state index contributed by atoms with van der Waals surface area (Å²) >= 11 is 0. The van der Waals surface area contributed by atoms with Crippen molar-refractivity contribution in [2.45, 2.75) is 51.0 Å². The van der Waals surface area contributed by atoms with Crippen LogP contribution in [0.3, 0.4) is 0 Å². The van der Waals surface area contributed by atoms with E-state index in [2.05, 4.69) is 15.0 Å². The molecule has 0 spiro atoms. The van der Waals surface area contributed by atoms with Crippen molar-refractivity contribution < 1.29 is 19.0 Å². The third-order valence-corrected chi connectivity index (χ3v) is 5.91. The normalized spacial score (nSPS) is 22.6. The van der Waals surface area contributed by atoms with Crippen molar-refractivity contribution in [3.05, 3.63) is 82.0 Å². The summed E-state index contributed by atoms with van der Waals surface area (Å²) in [7, 11) is 0. The number of halogens is 1. The first-order valence-corrected chi connectivity index (χ1v) is 11.0. The summed E-state index contributed by atoms with van der Waals surface area (Å²) in [5, 5.41) is 10.4. The molecule has 0 aromatic carbocycles. The topological polar surface area (TPSA) is 133 Å². The maximum absolute atomic E-state index is 14.2. The van der Waals surface area contributed by atoms with Crippen LogP contribution in [0.25, 0.3) is 5.95 Å². The van der Waals surface area contributed by atoms with E-state index in [0.717, 1.165) is 11.6 Å². The second-order valence-electron chi connectivity index (χ2n) is 8.66. The molecule has 0 saturated carbocycles. The van der Waals surface area contributed by atoms with Crippen LogP contribution in [-0.4, -0.2) is 48.7 Å². The lowest BCUT2D eigenvalue weighted by Gasteiger charge is -2.40. The van der Waals surface area contributed by atoms with E-state index >= 15 is 0 Å². The first kappa shape index (κ1) is 23.8. The Labute approximate surface area is 195 Å². The van der Waals surface area contributed by atoms with Gasteiger partial charge in [0.15, 0.2) is 5.78 Å². The van der Waals surface area contributed by atoms with Crippen LogP contribution in [0.4, 0.5) is 4.39 Å². The number of aliphatic hydroxyl groups excluding tert-OH is 1. The molecule has 10 heteroatoms. The molecule has 0 unspecified atom stereocenters. The van der Waals surface area contributed by atoms with Gasteiger partial charge in [0.1, 0.15) is 5.69 Å². The molecule has 4 heterocycles. The number of rotatable bonds is 6. The molecule has 1 saturated heterocycles. The van der Waals surface area contributed by atoms with Crippen molar-refractivity contribution in [2.24, 2.45) is 11.7 Å².